The number of nitrogens with one attached hydrogen (secondary N) is 1. The second kappa shape index (κ2) is 11.5. The zero-order chi connectivity index (χ0) is 28.1. The average Bonchev–Trinajstić information content (AvgIpc) is 3.29. The van der Waals surface area contributed by atoms with Crippen LogP contribution in [0.25, 0.3) is 12.2 Å². The second-order valence-electron chi connectivity index (χ2n) is 11.4. The lowest BCUT2D eigenvalue weighted by Gasteiger charge is -2.29. The summed E-state index contributed by atoms with van der Waals surface area (Å²) in [5, 5.41) is 22.7. The number of hydrogen-bond donors (Lipinski definition) is 2. The summed E-state index contributed by atoms with van der Waals surface area (Å²) >= 11 is 0. The number of esters is 1. The predicted octanol–water partition coefficient (Wildman–Crippen LogP) is 5.21. The molecule has 2 unspecified atom stereocenters. The van der Waals surface area contributed by atoms with Gasteiger partial charge >= 0.3 is 12.1 Å². The van der Waals surface area contributed by atoms with Crippen molar-refractivity contribution >= 4 is 29.9 Å². The summed E-state index contributed by atoms with van der Waals surface area (Å²) in [6.45, 7) is 11.6. The van der Waals surface area contributed by atoms with Crippen LogP contribution in [0, 0.1) is 17.2 Å². The summed E-state index contributed by atoms with van der Waals surface area (Å²) in [5.41, 5.74) is 1.08. The number of nitriles is 1. The van der Waals surface area contributed by atoms with Gasteiger partial charge in [-0.25, -0.2) is 9.59 Å². The number of aromatic hydroxyl groups is 1. The number of hydrogen-bond acceptors (Lipinski definition) is 8. The maximum absolute atomic E-state index is 13.3. The van der Waals surface area contributed by atoms with Gasteiger partial charge in [0.2, 0.25) is 0 Å². The van der Waals surface area contributed by atoms with E-state index in [1.165, 1.54) is 12.3 Å². The fraction of sp³-hybridized carbons (Fsp3) is 0.448. The van der Waals surface area contributed by atoms with Crippen LogP contribution in [0.5, 0.6) is 5.75 Å². The minimum absolute atomic E-state index is 0.0169. The van der Waals surface area contributed by atoms with E-state index in [9.17, 15) is 14.7 Å². The van der Waals surface area contributed by atoms with Crippen LogP contribution in [-0.4, -0.2) is 57.4 Å². The minimum atomic E-state index is -0.753. The summed E-state index contributed by atoms with van der Waals surface area (Å²) in [5.74, 6) is -0.643. The summed E-state index contributed by atoms with van der Waals surface area (Å²) in [7, 11) is 0. The van der Waals surface area contributed by atoms with Gasteiger partial charge in [0.05, 0.1) is 5.56 Å². The van der Waals surface area contributed by atoms with Gasteiger partial charge in [-0.3, -0.25) is 4.98 Å². The fourth-order valence-corrected chi connectivity index (χ4v) is 4.08. The average molecular weight is 521 g/mol. The summed E-state index contributed by atoms with van der Waals surface area (Å²) in [6, 6.07) is 7.94. The van der Waals surface area contributed by atoms with Crippen molar-refractivity contribution < 1.29 is 24.2 Å². The zero-order valence-electron chi connectivity index (χ0n) is 22.8. The van der Waals surface area contributed by atoms with Gasteiger partial charge in [0, 0.05) is 43.2 Å². The van der Waals surface area contributed by atoms with Crippen LogP contribution >= 0.6 is 0 Å². The van der Waals surface area contributed by atoms with Crippen molar-refractivity contribution in [2.24, 2.45) is 5.92 Å². The molecule has 1 saturated heterocycles. The highest BCUT2D eigenvalue weighted by atomic mass is 16.6. The maximum atomic E-state index is 13.3. The number of ether oxygens (including phenoxy) is 2. The highest BCUT2D eigenvalue weighted by Crippen LogP contribution is 2.29. The van der Waals surface area contributed by atoms with Crippen molar-refractivity contribution in [3.8, 4) is 11.8 Å². The molecule has 3 rings (SSSR count). The molecule has 2 atom stereocenters. The number of nitrogens with zero attached hydrogens (tertiary/aromatic N) is 3. The number of carbonyl (C=O) groups is 2. The lowest BCUT2D eigenvalue weighted by Crippen LogP contribution is -2.43. The lowest BCUT2D eigenvalue weighted by atomic mass is 9.98. The molecule has 9 nitrogen and oxygen atoms in total. The lowest BCUT2D eigenvalue weighted by molar-refractivity contribution is -0.157. The molecule has 2 aromatic rings. The standard InChI is InChI=1S/C29H36N4O5/c1-28(2,3)37-26(35)25(22-9-10-33(18-22)27(36)38-29(4,5)6)32-23-12-19(13-24(34)14-23)7-8-20-11-21(15-30)17-31-16-20/h7-8,11-14,16-17,22,25,32,34H,9-10,18H2,1-6H3/b8-7+. The topological polar surface area (TPSA) is 125 Å². The Morgan fingerprint density at radius 3 is 2.42 bits per heavy atom. The highest BCUT2D eigenvalue weighted by Gasteiger charge is 2.39. The third kappa shape index (κ3) is 8.51. The molecule has 1 aromatic carbocycles. The molecular formula is C29H36N4O5. The number of rotatable bonds is 6. The minimum Gasteiger partial charge on any atom is -0.508 e. The number of benzene rings is 1. The molecule has 9 heteroatoms. The number of phenolic OH excluding ortho intramolecular Hbond substituents is 1. The number of phenols is 1. The van der Waals surface area contributed by atoms with E-state index >= 15 is 0 Å². The first-order valence-corrected chi connectivity index (χ1v) is 12.6. The van der Waals surface area contributed by atoms with Crippen LogP contribution in [0.15, 0.2) is 36.7 Å². The van der Waals surface area contributed by atoms with E-state index in [-0.39, 0.29) is 11.7 Å². The number of aromatic nitrogens is 1. The summed E-state index contributed by atoms with van der Waals surface area (Å²) < 4.78 is 11.2. The van der Waals surface area contributed by atoms with Gasteiger partial charge in [-0.2, -0.15) is 5.26 Å². The number of carbonyl (C=O) groups excluding carboxylic acids is 2. The Bertz CT molecular complexity index is 1240. The van der Waals surface area contributed by atoms with E-state index in [1.54, 1.807) is 62.2 Å². The van der Waals surface area contributed by atoms with E-state index in [1.807, 2.05) is 20.8 Å². The Hall–Kier alpha value is -4.06. The Morgan fingerprint density at radius 1 is 1.08 bits per heavy atom. The van der Waals surface area contributed by atoms with Crippen LogP contribution in [0.2, 0.25) is 0 Å². The first-order valence-electron chi connectivity index (χ1n) is 12.6. The van der Waals surface area contributed by atoms with E-state index in [4.69, 9.17) is 14.7 Å². The van der Waals surface area contributed by atoms with Crippen molar-refractivity contribution in [1.82, 2.24) is 9.88 Å². The SMILES string of the molecule is CC(C)(C)OC(=O)C(Nc1cc(O)cc(/C=C/c2cncc(C#N)c2)c1)C1CCN(C(=O)OC(C)(C)C)C1. The van der Waals surface area contributed by atoms with Crippen LogP contribution in [0.4, 0.5) is 10.5 Å². The number of anilines is 1. The summed E-state index contributed by atoms with van der Waals surface area (Å²) in [6.07, 6.45) is 6.86. The normalized spacial score (nSPS) is 16.7. The Balaban J connectivity index is 1.83. The molecule has 1 aromatic heterocycles. The van der Waals surface area contributed by atoms with E-state index in [0.717, 1.165) is 5.56 Å². The molecule has 0 spiro atoms. The maximum Gasteiger partial charge on any atom is 0.410 e. The Kier molecular flexibility index (Phi) is 8.67. The van der Waals surface area contributed by atoms with E-state index in [0.29, 0.717) is 36.3 Å². The molecule has 202 valence electrons. The zero-order valence-corrected chi connectivity index (χ0v) is 22.8. The Morgan fingerprint density at radius 2 is 1.76 bits per heavy atom. The molecule has 0 bridgehead atoms. The van der Waals surface area contributed by atoms with Gasteiger partial charge in [0.25, 0.3) is 0 Å². The quantitative estimate of drug-likeness (QED) is 0.498. The molecule has 2 heterocycles. The molecule has 1 amide bonds. The molecular weight excluding hydrogens is 484 g/mol. The fourth-order valence-electron chi connectivity index (χ4n) is 4.08. The molecule has 0 radical (unpaired) electrons. The van der Waals surface area contributed by atoms with Crippen molar-refractivity contribution in [1.29, 1.82) is 5.26 Å². The van der Waals surface area contributed by atoms with E-state index in [2.05, 4.69) is 16.4 Å². The molecule has 1 aliphatic heterocycles. The predicted molar refractivity (Wildman–Crippen MR) is 145 cm³/mol. The van der Waals surface area contributed by atoms with Crippen LogP contribution in [0.3, 0.4) is 0 Å². The van der Waals surface area contributed by atoms with Crippen LogP contribution in [0.1, 0.15) is 64.7 Å². The third-order valence-electron chi connectivity index (χ3n) is 5.63. The molecule has 0 aliphatic carbocycles. The molecule has 0 saturated carbocycles. The van der Waals surface area contributed by atoms with Gasteiger partial charge in [0.15, 0.2) is 0 Å². The summed E-state index contributed by atoms with van der Waals surface area (Å²) in [4.78, 5) is 31.5. The number of amides is 1. The highest BCUT2D eigenvalue weighted by molar-refractivity contribution is 5.81. The first-order chi connectivity index (χ1) is 17.7. The largest absolute Gasteiger partial charge is 0.508 e. The number of pyridine rings is 1. The molecule has 38 heavy (non-hydrogen) atoms. The van der Waals surface area contributed by atoms with E-state index < -0.39 is 29.3 Å². The molecule has 1 aliphatic rings. The molecule has 2 N–H and O–H groups in total. The molecule has 1 fully saturated rings. The van der Waals surface area contributed by atoms with Crippen molar-refractivity contribution in [2.45, 2.75) is 65.2 Å². The van der Waals surface area contributed by atoms with Crippen LogP contribution < -0.4 is 5.32 Å². The third-order valence-corrected chi connectivity index (χ3v) is 5.63. The van der Waals surface area contributed by atoms with Gasteiger partial charge in [0.1, 0.15) is 29.1 Å². The monoisotopic (exact) mass is 520 g/mol. The number of likely N-dealkylation sites (tertiary alicyclic amines) is 1. The van der Waals surface area contributed by atoms with Crippen molar-refractivity contribution in [3.63, 3.8) is 0 Å². The first kappa shape index (κ1) is 28.5. The van der Waals surface area contributed by atoms with Gasteiger partial charge in [-0.05, 0) is 77.3 Å². The smallest absolute Gasteiger partial charge is 0.410 e. The Labute approximate surface area is 224 Å². The second-order valence-corrected chi connectivity index (χ2v) is 11.4. The van der Waals surface area contributed by atoms with Crippen molar-refractivity contribution in [2.75, 3.05) is 18.4 Å². The van der Waals surface area contributed by atoms with Crippen molar-refractivity contribution in [3.05, 3.63) is 53.3 Å². The van der Waals surface area contributed by atoms with Gasteiger partial charge in [-0.15, -0.1) is 0 Å². The van der Waals surface area contributed by atoms with Crippen LogP contribution in [-0.2, 0) is 14.3 Å². The van der Waals surface area contributed by atoms with Gasteiger partial charge < -0.3 is 24.8 Å². The van der Waals surface area contributed by atoms with Gasteiger partial charge in [-0.1, -0.05) is 12.2 Å².